The van der Waals surface area contributed by atoms with Crippen LogP contribution >= 0.6 is 0 Å². The Hall–Kier alpha value is -1.84. The maximum Gasteiger partial charge on any atom is 0.310 e. The Morgan fingerprint density at radius 3 is 3.00 bits per heavy atom. The van der Waals surface area contributed by atoms with Gasteiger partial charge in [0.2, 0.25) is 5.91 Å². The first kappa shape index (κ1) is 11.6. The average molecular weight is 233 g/mol. The van der Waals surface area contributed by atoms with Gasteiger partial charge in [0.25, 0.3) is 0 Å². The molecule has 0 saturated heterocycles. The summed E-state index contributed by atoms with van der Waals surface area (Å²) in [6.45, 7) is 2.15. The van der Waals surface area contributed by atoms with Gasteiger partial charge in [-0.05, 0) is 24.5 Å². The molecule has 0 aliphatic carbocycles. The second-order valence-corrected chi connectivity index (χ2v) is 3.98. The normalized spacial score (nSPS) is 13.8. The Morgan fingerprint density at radius 2 is 2.24 bits per heavy atom. The van der Waals surface area contributed by atoms with Crippen molar-refractivity contribution in [3.8, 4) is 0 Å². The number of para-hydroxylation sites is 1. The molecule has 0 saturated carbocycles. The molecule has 0 bridgehead atoms. The highest BCUT2D eigenvalue weighted by Gasteiger charge is 2.18. The molecule has 1 amide bonds. The fourth-order valence-corrected chi connectivity index (χ4v) is 1.99. The number of esters is 1. The van der Waals surface area contributed by atoms with Gasteiger partial charge in [-0.1, -0.05) is 18.2 Å². The molecular weight excluding hydrogens is 218 g/mol. The zero-order chi connectivity index (χ0) is 12.3. The van der Waals surface area contributed by atoms with Crippen LogP contribution in [0.25, 0.3) is 0 Å². The molecule has 1 N–H and O–H groups in total. The van der Waals surface area contributed by atoms with E-state index in [2.05, 4.69) is 5.32 Å². The highest BCUT2D eigenvalue weighted by atomic mass is 16.5. The summed E-state index contributed by atoms with van der Waals surface area (Å²) in [4.78, 5) is 22.8. The van der Waals surface area contributed by atoms with Crippen molar-refractivity contribution in [2.24, 2.45) is 0 Å². The maximum atomic E-state index is 11.4. The molecule has 0 unspecified atom stereocenters. The summed E-state index contributed by atoms with van der Waals surface area (Å²) >= 11 is 0. The van der Waals surface area contributed by atoms with Gasteiger partial charge in [-0.3, -0.25) is 9.59 Å². The number of carbonyl (C=O) groups excluding carboxylic acids is 2. The third-order valence-corrected chi connectivity index (χ3v) is 2.76. The van der Waals surface area contributed by atoms with E-state index in [1.807, 2.05) is 18.2 Å². The first-order valence-electron chi connectivity index (χ1n) is 5.77. The van der Waals surface area contributed by atoms with Crippen LogP contribution in [0.4, 0.5) is 5.69 Å². The zero-order valence-electron chi connectivity index (χ0n) is 9.79. The van der Waals surface area contributed by atoms with Gasteiger partial charge >= 0.3 is 5.97 Å². The summed E-state index contributed by atoms with van der Waals surface area (Å²) in [7, 11) is 0. The van der Waals surface area contributed by atoms with Crippen molar-refractivity contribution in [1.82, 2.24) is 0 Å². The first-order valence-corrected chi connectivity index (χ1v) is 5.77. The summed E-state index contributed by atoms with van der Waals surface area (Å²) < 4.78 is 4.91. The van der Waals surface area contributed by atoms with Gasteiger partial charge in [0, 0.05) is 12.1 Å². The summed E-state index contributed by atoms with van der Waals surface area (Å²) in [6, 6.07) is 5.73. The molecule has 2 rings (SSSR count). The Kier molecular flexibility index (Phi) is 3.42. The van der Waals surface area contributed by atoms with Crippen LogP contribution in [0, 0.1) is 0 Å². The van der Waals surface area contributed by atoms with Gasteiger partial charge in [0.1, 0.15) is 0 Å². The van der Waals surface area contributed by atoms with E-state index in [0.717, 1.165) is 23.2 Å². The standard InChI is InChI=1S/C13H15NO3/c1-2-17-12(16)8-10-5-3-4-9-6-7-11(15)14-13(9)10/h3-5H,2,6-8H2,1H3,(H,14,15). The molecule has 0 radical (unpaired) electrons. The smallest absolute Gasteiger partial charge is 0.310 e. The summed E-state index contributed by atoms with van der Waals surface area (Å²) in [6.07, 6.45) is 1.45. The quantitative estimate of drug-likeness (QED) is 0.808. The van der Waals surface area contributed by atoms with Crippen LogP contribution in [0.15, 0.2) is 18.2 Å². The molecule has 1 aliphatic rings. The van der Waals surface area contributed by atoms with Gasteiger partial charge in [-0.25, -0.2) is 0 Å². The van der Waals surface area contributed by atoms with Crippen LogP contribution in [0.2, 0.25) is 0 Å². The van der Waals surface area contributed by atoms with Gasteiger partial charge in [0.15, 0.2) is 0 Å². The number of aryl methyl sites for hydroxylation is 1. The number of hydrogen-bond acceptors (Lipinski definition) is 3. The minimum absolute atomic E-state index is 0.00816. The molecule has 4 nitrogen and oxygen atoms in total. The third-order valence-electron chi connectivity index (χ3n) is 2.76. The number of fused-ring (bicyclic) bond motifs is 1. The lowest BCUT2D eigenvalue weighted by molar-refractivity contribution is -0.142. The molecular formula is C13H15NO3. The molecule has 4 heteroatoms. The fraction of sp³-hybridized carbons (Fsp3) is 0.385. The lowest BCUT2D eigenvalue weighted by atomic mass is 9.97. The molecule has 0 aromatic heterocycles. The zero-order valence-corrected chi connectivity index (χ0v) is 9.79. The summed E-state index contributed by atoms with van der Waals surface area (Å²) in [5.41, 5.74) is 2.71. The Bertz CT molecular complexity index is 454. The van der Waals surface area contributed by atoms with Crippen LogP contribution in [-0.2, 0) is 27.2 Å². The van der Waals surface area contributed by atoms with Crippen LogP contribution in [0.3, 0.4) is 0 Å². The van der Waals surface area contributed by atoms with E-state index in [4.69, 9.17) is 4.74 Å². The Labute approximate surface area is 100.0 Å². The van der Waals surface area contributed by atoms with E-state index < -0.39 is 0 Å². The summed E-state index contributed by atoms with van der Waals surface area (Å²) in [5.74, 6) is -0.255. The number of rotatable bonds is 3. The molecule has 1 heterocycles. The Balaban J connectivity index is 2.23. The highest BCUT2D eigenvalue weighted by molar-refractivity contribution is 5.95. The number of ether oxygens (including phenoxy) is 1. The monoisotopic (exact) mass is 233 g/mol. The molecule has 90 valence electrons. The van der Waals surface area contributed by atoms with Crippen molar-refractivity contribution in [2.45, 2.75) is 26.2 Å². The van der Waals surface area contributed by atoms with Crippen LogP contribution in [0.5, 0.6) is 0 Å². The van der Waals surface area contributed by atoms with E-state index in [0.29, 0.717) is 13.0 Å². The minimum Gasteiger partial charge on any atom is -0.466 e. The molecule has 1 aromatic rings. The van der Waals surface area contributed by atoms with E-state index >= 15 is 0 Å². The van der Waals surface area contributed by atoms with Crippen molar-refractivity contribution in [1.29, 1.82) is 0 Å². The molecule has 0 fully saturated rings. The topological polar surface area (TPSA) is 55.4 Å². The molecule has 17 heavy (non-hydrogen) atoms. The number of benzene rings is 1. The number of nitrogens with one attached hydrogen (secondary N) is 1. The highest BCUT2D eigenvalue weighted by Crippen LogP contribution is 2.27. The van der Waals surface area contributed by atoms with Crippen LogP contribution < -0.4 is 5.32 Å². The van der Waals surface area contributed by atoms with Crippen LogP contribution in [0.1, 0.15) is 24.5 Å². The van der Waals surface area contributed by atoms with Gasteiger partial charge in [0.05, 0.1) is 13.0 Å². The van der Waals surface area contributed by atoms with Gasteiger partial charge < -0.3 is 10.1 Å². The van der Waals surface area contributed by atoms with Crippen molar-refractivity contribution in [3.63, 3.8) is 0 Å². The molecule has 0 atom stereocenters. The van der Waals surface area contributed by atoms with E-state index in [1.54, 1.807) is 6.92 Å². The van der Waals surface area contributed by atoms with Crippen molar-refractivity contribution >= 4 is 17.6 Å². The van der Waals surface area contributed by atoms with Crippen LogP contribution in [-0.4, -0.2) is 18.5 Å². The predicted molar refractivity (Wildman–Crippen MR) is 63.7 cm³/mol. The molecule has 1 aliphatic heterocycles. The number of hydrogen-bond donors (Lipinski definition) is 1. The molecule has 0 spiro atoms. The number of anilines is 1. The number of carbonyl (C=O) groups is 2. The molecule has 1 aromatic carbocycles. The second-order valence-electron chi connectivity index (χ2n) is 3.98. The van der Waals surface area contributed by atoms with Crippen molar-refractivity contribution < 1.29 is 14.3 Å². The van der Waals surface area contributed by atoms with E-state index in [-0.39, 0.29) is 18.3 Å². The SMILES string of the molecule is CCOC(=O)Cc1cccc2c1NC(=O)CC2. The summed E-state index contributed by atoms with van der Waals surface area (Å²) in [5, 5.41) is 2.83. The van der Waals surface area contributed by atoms with Gasteiger partial charge in [-0.15, -0.1) is 0 Å². The lowest BCUT2D eigenvalue weighted by Crippen LogP contribution is -2.21. The van der Waals surface area contributed by atoms with Crippen molar-refractivity contribution in [3.05, 3.63) is 29.3 Å². The average Bonchev–Trinajstić information content (AvgIpc) is 2.30. The van der Waals surface area contributed by atoms with E-state index in [9.17, 15) is 9.59 Å². The predicted octanol–water partition coefficient (Wildman–Crippen LogP) is 1.68. The maximum absolute atomic E-state index is 11.4. The lowest BCUT2D eigenvalue weighted by Gasteiger charge is -2.19. The third kappa shape index (κ3) is 2.64. The minimum atomic E-state index is -0.263. The first-order chi connectivity index (χ1) is 8.20. The second kappa shape index (κ2) is 4.99. The van der Waals surface area contributed by atoms with Gasteiger partial charge in [-0.2, -0.15) is 0 Å². The van der Waals surface area contributed by atoms with Crippen molar-refractivity contribution in [2.75, 3.05) is 11.9 Å². The fourth-order valence-electron chi connectivity index (χ4n) is 1.99. The largest absolute Gasteiger partial charge is 0.466 e. The van der Waals surface area contributed by atoms with E-state index in [1.165, 1.54) is 0 Å². The Morgan fingerprint density at radius 1 is 1.41 bits per heavy atom. The number of amides is 1.